The summed E-state index contributed by atoms with van der Waals surface area (Å²) < 4.78 is 6.00. The summed E-state index contributed by atoms with van der Waals surface area (Å²) in [5.74, 6) is -0.439. The minimum atomic E-state index is -0.705. The molecule has 0 atom stereocenters. The molecule has 2 rings (SSSR count). The molecule has 0 spiro atoms. The van der Waals surface area contributed by atoms with E-state index in [0.717, 1.165) is 9.78 Å². The number of halogens is 1. The number of methoxy groups -OCH3 is 1. The van der Waals surface area contributed by atoms with Crippen LogP contribution in [-0.2, 0) is 0 Å². The number of phenols is 1. The Morgan fingerprint density at radius 1 is 1.42 bits per heavy atom. The second kappa shape index (κ2) is 7.73. The number of para-hydroxylation sites is 1. The van der Waals surface area contributed by atoms with Gasteiger partial charge in [0.1, 0.15) is 5.75 Å². The Kier molecular flexibility index (Phi) is 5.68. The van der Waals surface area contributed by atoms with Crippen molar-refractivity contribution in [3.8, 4) is 11.5 Å². The van der Waals surface area contributed by atoms with Gasteiger partial charge < -0.3 is 9.84 Å². The van der Waals surface area contributed by atoms with Gasteiger partial charge in [-0.05, 0) is 46.9 Å². The Balaban J connectivity index is 2.13. The zero-order chi connectivity index (χ0) is 17.7. The molecule has 0 aliphatic rings. The van der Waals surface area contributed by atoms with Gasteiger partial charge in [0.15, 0.2) is 0 Å². The first-order valence-electron chi connectivity index (χ1n) is 6.57. The zero-order valence-electron chi connectivity index (χ0n) is 12.4. The molecular weight excluding hydrogens is 429 g/mol. The maximum absolute atomic E-state index is 12.0. The molecule has 0 aliphatic heterocycles. The number of nitrogens with zero attached hydrogens (tertiary/aromatic N) is 2. The molecule has 0 saturated heterocycles. The number of nitro groups is 1. The Hall–Kier alpha value is -2.69. The predicted octanol–water partition coefficient (Wildman–Crippen LogP) is 2.68. The Morgan fingerprint density at radius 3 is 2.83 bits per heavy atom. The zero-order valence-corrected chi connectivity index (χ0v) is 14.6. The number of hydrazone groups is 1. The van der Waals surface area contributed by atoms with Crippen LogP contribution in [0.2, 0.25) is 0 Å². The van der Waals surface area contributed by atoms with Crippen molar-refractivity contribution in [3.63, 3.8) is 0 Å². The molecule has 0 heterocycles. The van der Waals surface area contributed by atoms with Crippen molar-refractivity contribution in [3.05, 3.63) is 61.2 Å². The number of hydrogen-bond acceptors (Lipinski definition) is 6. The molecule has 2 aromatic carbocycles. The van der Waals surface area contributed by atoms with Crippen molar-refractivity contribution in [1.82, 2.24) is 5.43 Å². The SMILES string of the molecule is COc1cc(C(=O)N/N=C/c2cccc([N+](=O)[O-])c2O)ccc1I. The van der Waals surface area contributed by atoms with E-state index in [1.165, 1.54) is 25.3 Å². The van der Waals surface area contributed by atoms with Crippen molar-refractivity contribution in [2.45, 2.75) is 0 Å². The van der Waals surface area contributed by atoms with E-state index in [-0.39, 0.29) is 5.56 Å². The van der Waals surface area contributed by atoms with E-state index in [9.17, 15) is 20.0 Å². The number of aromatic hydroxyl groups is 1. The third-order valence-corrected chi connectivity index (χ3v) is 3.92. The molecule has 0 bridgehead atoms. The van der Waals surface area contributed by atoms with Crippen molar-refractivity contribution in [1.29, 1.82) is 0 Å². The summed E-state index contributed by atoms with van der Waals surface area (Å²) in [6.45, 7) is 0. The topological polar surface area (TPSA) is 114 Å². The lowest BCUT2D eigenvalue weighted by Crippen LogP contribution is -2.17. The number of carbonyl (C=O) groups excluding carboxylic acids is 1. The number of nitrogens with one attached hydrogen (secondary N) is 1. The minimum Gasteiger partial charge on any atom is -0.502 e. The molecule has 8 nitrogen and oxygen atoms in total. The number of amides is 1. The Labute approximate surface area is 150 Å². The van der Waals surface area contributed by atoms with Crippen LogP contribution in [-0.4, -0.2) is 29.3 Å². The van der Waals surface area contributed by atoms with Gasteiger partial charge in [-0.2, -0.15) is 5.10 Å². The molecule has 0 saturated carbocycles. The second-order valence-corrected chi connectivity index (χ2v) is 5.68. The van der Waals surface area contributed by atoms with Crippen LogP contribution in [0.5, 0.6) is 11.5 Å². The highest BCUT2D eigenvalue weighted by atomic mass is 127. The molecule has 0 radical (unpaired) electrons. The maximum Gasteiger partial charge on any atom is 0.311 e. The molecule has 2 N–H and O–H groups in total. The Bertz CT molecular complexity index is 823. The van der Waals surface area contributed by atoms with E-state index in [1.807, 2.05) is 0 Å². The fourth-order valence-corrected chi connectivity index (χ4v) is 2.38. The summed E-state index contributed by atoms with van der Waals surface area (Å²) in [6, 6.07) is 8.92. The first kappa shape index (κ1) is 17.7. The number of ether oxygens (including phenoxy) is 1. The second-order valence-electron chi connectivity index (χ2n) is 4.52. The minimum absolute atomic E-state index is 0.115. The lowest BCUT2D eigenvalue weighted by molar-refractivity contribution is -0.385. The van der Waals surface area contributed by atoms with Gasteiger partial charge in [-0.25, -0.2) is 5.43 Å². The van der Waals surface area contributed by atoms with Gasteiger partial charge in [-0.3, -0.25) is 14.9 Å². The number of carbonyl (C=O) groups is 1. The fourth-order valence-electron chi connectivity index (χ4n) is 1.83. The van der Waals surface area contributed by atoms with Crippen LogP contribution in [0.15, 0.2) is 41.5 Å². The Morgan fingerprint density at radius 2 is 2.17 bits per heavy atom. The van der Waals surface area contributed by atoms with Gasteiger partial charge >= 0.3 is 5.69 Å². The summed E-state index contributed by atoms with van der Waals surface area (Å²) >= 11 is 2.08. The average molecular weight is 441 g/mol. The number of nitro benzene ring substituents is 1. The smallest absolute Gasteiger partial charge is 0.311 e. The van der Waals surface area contributed by atoms with Gasteiger partial charge in [0.25, 0.3) is 5.91 Å². The molecule has 1 amide bonds. The van der Waals surface area contributed by atoms with Gasteiger partial charge in [0.05, 0.1) is 21.8 Å². The molecule has 0 aliphatic carbocycles. The predicted molar refractivity (Wildman–Crippen MR) is 95.5 cm³/mol. The normalized spacial score (nSPS) is 10.6. The van der Waals surface area contributed by atoms with Crippen molar-refractivity contribution in [2.75, 3.05) is 7.11 Å². The van der Waals surface area contributed by atoms with E-state index in [4.69, 9.17) is 4.74 Å². The van der Waals surface area contributed by atoms with Gasteiger partial charge in [0.2, 0.25) is 5.75 Å². The lowest BCUT2D eigenvalue weighted by Gasteiger charge is -2.05. The van der Waals surface area contributed by atoms with Crippen LogP contribution >= 0.6 is 22.6 Å². The highest BCUT2D eigenvalue weighted by molar-refractivity contribution is 14.1. The van der Waals surface area contributed by atoms with Crippen LogP contribution in [0.4, 0.5) is 5.69 Å². The fraction of sp³-hybridized carbons (Fsp3) is 0.0667. The van der Waals surface area contributed by atoms with Gasteiger partial charge in [-0.15, -0.1) is 0 Å². The number of hydrogen-bond donors (Lipinski definition) is 2. The van der Waals surface area contributed by atoms with Crippen molar-refractivity contribution >= 4 is 40.4 Å². The van der Waals surface area contributed by atoms with Crippen LogP contribution in [0, 0.1) is 13.7 Å². The summed E-state index contributed by atoms with van der Waals surface area (Å²) in [5, 5.41) is 24.2. The molecule has 2 aromatic rings. The molecule has 24 heavy (non-hydrogen) atoms. The third-order valence-electron chi connectivity index (χ3n) is 3.03. The molecule has 9 heteroatoms. The molecule has 0 unspecified atom stereocenters. The van der Waals surface area contributed by atoms with E-state index in [2.05, 4.69) is 33.1 Å². The standard InChI is InChI=1S/C15H12IN3O5/c1-24-13-7-9(5-6-11(13)16)15(21)18-17-8-10-3-2-4-12(14(10)20)19(22)23/h2-8,20H,1H3,(H,18,21)/b17-8+. The summed E-state index contributed by atoms with van der Waals surface area (Å²) in [7, 11) is 1.50. The summed E-state index contributed by atoms with van der Waals surface area (Å²) in [4.78, 5) is 22.1. The van der Waals surface area contributed by atoms with Crippen LogP contribution in [0.3, 0.4) is 0 Å². The highest BCUT2D eigenvalue weighted by Crippen LogP contribution is 2.28. The largest absolute Gasteiger partial charge is 0.502 e. The summed E-state index contributed by atoms with van der Waals surface area (Å²) in [6.07, 6.45) is 1.13. The van der Waals surface area contributed by atoms with Gasteiger partial charge in [0, 0.05) is 17.2 Å². The summed E-state index contributed by atoms with van der Waals surface area (Å²) in [5.41, 5.74) is 2.30. The lowest BCUT2D eigenvalue weighted by atomic mass is 10.2. The third kappa shape index (κ3) is 3.98. The molecule has 124 valence electrons. The van der Waals surface area contributed by atoms with E-state index >= 15 is 0 Å². The van der Waals surface area contributed by atoms with Crippen molar-refractivity contribution in [2.24, 2.45) is 5.10 Å². The van der Waals surface area contributed by atoms with E-state index in [1.54, 1.807) is 18.2 Å². The van der Waals surface area contributed by atoms with E-state index in [0.29, 0.717) is 11.3 Å². The van der Waals surface area contributed by atoms with Crippen LogP contribution in [0.25, 0.3) is 0 Å². The van der Waals surface area contributed by atoms with Crippen molar-refractivity contribution < 1.29 is 19.6 Å². The van der Waals surface area contributed by atoms with Gasteiger partial charge in [-0.1, -0.05) is 6.07 Å². The first-order valence-corrected chi connectivity index (χ1v) is 7.65. The van der Waals surface area contributed by atoms with E-state index < -0.39 is 22.3 Å². The average Bonchev–Trinajstić information content (AvgIpc) is 2.56. The van der Waals surface area contributed by atoms with Crippen LogP contribution < -0.4 is 10.2 Å². The van der Waals surface area contributed by atoms with Crippen LogP contribution in [0.1, 0.15) is 15.9 Å². The maximum atomic E-state index is 12.0. The molecular formula is C15H12IN3O5. The number of phenolic OH excluding ortho intramolecular Hbond substituents is 1. The highest BCUT2D eigenvalue weighted by Gasteiger charge is 2.15. The molecule has 0 aromatic heterocycles. The quantitative estimate of drug-likeness (QED) is 0.321. The number of benzene rings is 2. The number of rotatable bonds is 5. The molecule has 0 fully saturated rings. The first-order chi connectivity index (χ1) is 11.4. The monoisotopic (exact) mass is 441 g/mol.